The largest absolute Gasteiger partial charge is 0.534 e. The number of rotatable bonds is 4. The molecular formula is C18H19F4N5O4S. The van der Waals surface area contributed by atoms with Crippen molar-refractivity contribution in [2.75, 3.05) is 26.8 Å². The lowest BCUT2D eigenvalue weighted by Gasteiger charge is -2.46. The summed E-state index contributed by atoms with van der Waals surface area (Å²) in [6.45, 7) is 3.11. The van der Waals surface area contributed by atoms with Crippen LogP contribution < -0.4 is 9.50 Å². The molecule has 32 heavy (non-hydrogen) atoms. The van der Waals surface area contributed by atoms with Crippen LogP contribution in [0.15, 0.2) is 29.4 Å². The van der Waals surface area contributed by atoms with Gasteiger partial charge in [0.15, 0.2) is 5.75 Å². The zero-order valence-corrected chi connectivity index (χ0v) is 17.7. The summed E-state index contributed by atoms with van der Waals surface area (Å²) in [6, 6.07) is 2.26. The molecule has 14 heteroatoms. The van der Waals surface area contributed by atoms with Crippen molar-refractivity contribution < 1.29 is 34.9 Å². The molecule has 0 saturated carbocycles. The molecule has 3 rings (SSSR count). The fourth-order valence-electron chi connectivity index (χ4n) is 3.33. The Morgan fingerprint density at radius 3 is 2.69 bits per heavy atom. The highest BCUT2D eigenvalue weighted by atomic mass is 32.2. The molecule has 0 aliphatic carbocycles. The standard InChI is InChI=1S/C18H19F4N5O4S/c1-11-10-30-6-5-26(11)27-15(3-4-25-17(27)24-2)12-7-14(19)13(9-23)16(8-12)31-32(28,29)18(20,21)22/h3-4,7-8,11,15H,5-6,10H2,1-2H3,(H,24,25). The third-order valence-electron chi connectivity index (χ3n) is 4.79. The molecule has 0 aromatic heterocycles. The molecule has 0 radical (unpaired) electrons. The summed E-state index contributed by atoms with van der Waals surface area (Å²) in [4.78, 5) is 4.23. The van der Waals surface area contributed by atoms with Crippen molar-refractivity contribution in [3.05, 3.63) is 41.4 Å². The summed E-state index contributed by atoms with van der Waals surface area (Å²) in [7, 11) is -4.51. The molecule has 1 N–H and O–H groups in total. The van der Waals surface area contributed by atoms with Crippen LogP contribution in [0, 0.1) is 17.1 Å². The average Bonchev–Trinajstić information content (AvgIpc) is 2.72. The predicted octanol–water partition coefficient (Wildman–Crippen LogP) is 2.01. The Kier molecular flexibility index (Phi) is 6.63. The Labute approximate surface area is 181 Å². The number of morpholine rings is 1. The Balaban J connectivity index is 2.09. The van der Waals surface area contributed by atoms with Gasteiger partial charge in [-0.1, -0.05) is 0 Å². The van der Waals surface area contributed by atoms with E-state index in [1.54, 1.807) is 18.1 Å². The molecule has 2 aliphatic rings. The number of halogens is 4. The van der Waals surface area contributed by atoms with Crippen molar-refractivity contribution in [1.82, 2.24) is 15.3 Å². The Morgan fingerprint density at radius 2 is 2.09 bits per heavy atom. The summed E-state index contributed by atoms with van der Waals surface area (Å²) in [5, 5.41) is 15.6. The molecule has 2 aliphatic heterocycles. The van der Waals surface area contributed by atoms with Gasteiger partial charge in [-0.15, -0.1) is 0 Å². The first-order valence-corrected chi connectivity index (χ1v) is 10.7. The number of nitriles is 1. The Bertz CT molecular complexity index is 1080. The smallest absolute Gasteiger partial charge is 0.378 e. The number of hydrazine groups is 1. The zero-order chi connectivity index (χ0) is 23.7. The molecule has 1 aromatic carbocycles. The zero-order valence-electron chi connectivity index (χ0n) is 16.9. The van der Waals surface area contributed by atoms with Crippen molar-refractivity contribution >= 4 is 16.1 Å². The summed E-state index contributed by atoms with van der Waals surface area (Å²) in [5.74, 6) is -1.92. The molecule has 1 fully saturated rings. The van der Waals surface area contributed by atoms with Crippen molar-refractivity contribution in [3.8, 4) is 11.8 Å². The van der Waals surface area contributed by atoms with E-state index in [0.717, 1.165) is 12.1 Å². The van der Waals surface area contributed by atoms with E-state index in [9.17, 15) is 26.0 Å². The second-order valence-corrected chi connectivity index (χ2v) is 8.43. The van der Waals surface area contributed by atoms with E-state index in [-0.39, 0.29) is 11.6 Å². The van der Waals surface area contributed by atoms with Crippen LogP contribution in [0.4, 0.5) is 17.6 Å². The highest BCUT2D eigenvalue weighted by Gasteiger charge is 2.49. The highest BCUT2D eigenvalue weighted by molar-refractivity contribution is 7.88. The van der Waals surface area contributed by atoms with E-state index in [4.69, 9.17) is 10.00 Å². The van der Waals surface area contributed by atoms with Crippen molar-refractivity contribution in [2.24, 2.45) is 4.99 Å². The normalized spacial score (nSPS) is 22.3. The van der Waals surface area contributed by atoms with Crippen molar-refractivity contribution in [3.63, 3.8) is 0 Å². The molecule has 0 bridgehead atoms. The van der Waals surface area contributed by atoms with Gasteiger partial charge in [-0.3, -0.25) is 5.01 Å². The van der Waals surface area contributed by atoms with E-state index in [2.05, 4.69) is 14.5 Å². The number of hydrogen-bond acceptors (Lipinski definition) is 9. The van der Waals surface area contributed by atoms with Crippen molar-refractivity contribution in [1.29, 1.82) is 5.26 Å². The third-order valence-corrected chi connectivity index (χ3v) is 5.76. The van der Waals surface area contributed by atoms with Gasteiger partial charge >= 0.3 is 15.6 Å². The van der Waals surface area contributed by atoms with Gasteiger partial charge in [-0.2, -0.15) is 26.9 Å². The monoisotopic (exact) mass is 477 g/mol. The predicted molar refractivity (Wildman–Crippen MR) is 104 cm³/mol. The van der Waals surface area contributed by atoms with Gasteiger partial charge in [0.05, 0.1) is 25.3 Å². The maximum Gasteiger partial charge on any atom is 0.534 e. The number of ether oxygens (including phenoxy) is 1. The fourth-order valence-corrected chi connectivity index (χ4v) is 3.79. The van der Waals surface area contributed by atoms with Crippen LogP contribution in [0.3, 0.4) is 0 Å². The summed E-state index contributed by atoms with van der Waals surface area (Å²) >= 11 is 0. The number of alkyl halides is 3. The van der Waals surface area contributed by atoms with Crippen LogP contribution in [0.1, 0.15) is 24.1 Å². The first kappa shape index (κ1) is 23.8. The van der Waals surface area contributed by atoms with Gasteiger partial charge in [0.25, 0.3) is 0 Å². The van der Waals surface area contributed by atoms with Crippen LogP contribution in [0.2, 0.25) is 0 Å². The number of benzene rings is 1. The summed E-state index contributed by atoms with van der Waals surface area (Å²) < 4.78 is 85.6. The van der Waals surface area contributed by atoms with Crippen LogP contribution in [-0.2, 0) is 14.9 Å². The van der Waals surface area contributed by atoms with E-state index in [1.165, 1.54) is 12.3 Å². The first-order valence-electron chi connectivity index (χ1n) is 9.30. The third kappa shape index (κ3) is 4.50. The minimum atomic E-state index is -6.12. The van der Waals surface area contributed by atoms with Gasteiger partial charge in [0, 0.05) is 19.8 Å². The maximum atomic E-state index is 14.7. The minimum absolute atomic E-state index is 0.0477. The van der Waals surface area contributed by atoms with Gasteiger partial charge < -0.3 is 14.2 Å². The lowest BCUT2D eigenvalue weighted by atomic mass is 10.0. The van der Waals surface area contributed by atoms with Crippen LogP contribution >= 0.6 is 0 Å². The highest BCUT2D eigenvalue weighted by Crippen LogP contribution is 2.35. The number of aliphatic imine (C=N–C) groups is 1. The number of hydrogen-bond donors (Lipinski definition) is 1. The van der Waals surface area contributed by atoms with E-state index in [0.29, 0.717) is 25.7 Å². The van der Waals surface area contributed by atoms with Crippen LogP contribution in [0.5, 0.6) is 5.75 Å². The van der Waals surface area contributed by atoms with Gasteiger partial charge in [0.1, 0.15) is 17.4 Å². The molecule has 2 heterocycles. The lowest BCUT2D eigenvalue weighted by molar-refractivity contribution is -0.100. The van der Waals surface area contributed by atoms with Crippen LogP contribution in [-0.4, -0.2) is 62.8 Å². The Hall–Kier alpha value is -2.89. The molecule has 9 nitrogen and oxygen atoms in total. The Morgan fingerprint density at radius 1 is 1.38 bits per heavy atom. The second kappa shape index (κ2) is 8.93. The van der Waals surface area contributed by atoms with Gasteiger partial charge in [-0.05, 0) is 30.7 Å². The lowest BCUT2D eigenvalue weighted by Crippen LogP contribution is -2.59. The number of guanidine groups is 1. The molecule has 0 spiro atoms. The topological polar surface area (TPSA) is 107 Å². The van der Waals surface area contributed by atoms with Gasteiger partial charge in [0.2, 0.25) is 5.96 Å². The molecule has 0 amide bonds. The van der Waals surface area contributed by atoms with Crippen molar-refractivity contribution in [2.45, 2.75) is 24.5 Å². The maximum absolute atomic E-state index is 14.7. The number of nitrogens with one attached hydrogen (secondary N) is 1. The van der Waals surface area contributed by atoms with E-state index in [1.807, 2.05) is 11.9 Å². The van der Waals surface area contributed by atoms with Gasteiger partial charge in [-0.25, -0.2) is 14.4 Å². The van der Waals surface area contributed by atoms with E-state index >= 15 is 0 Å². The van der Waals surface area contributed by atoms with Crippen LogP contribution in [0.25, 0.3) is 0 Å². The molecule has 2 unspecified atom stereocenters. The molecular weight excluding hydrogens is 458 g/mol. The summed E-state index contributed by atoms with van der Waals surface area (Å²) in [6.07, 6.45) is 2.97. The molecule has 1 saturated heterocycles. The van der Waals surface area contributed by atoms with E-state index < -0.39 is 38.8 Å². The SMILES string of the molecule is CNC1=NC=CC(c2cc(F)c(C#N)c(OS(=O)(=O)C(F)(F)F)c2)N1N1CCOCC1C. The first-order chi connectivity index (χ1) is 15.0. The molecule has 174 valence electrons. The molecule has 2 atom stereocenters. The minimum Gasteiger partial charge on any atom is -0.378 e. The quantitative estimate of drug-likeness (QED) is 0.399. The second-order valence-electron chi connectivity index (χ2n) is 6.89. The molecule has 1 aromatic rings. The average molecular weight is 477 g/mol. The fraction of sp³-hybridized carbons (Fsp3) is 0.444. The summed E-state index contributed by atoms with van der Waals surface area (Å²) in [5.41, 5.74) is -6.67. The number of nitrogens with zero attached hydrogens (tertiary/aromatic N) is 4.